The molecule has 0 N–H and O–H groups in total. The van der Waals surface area contributed by atoms with E-state index in [0.717, 1.165) is 43.3 Å². The maximum atomic E-state index is 14.5. The molecular formula is C19H23FN2O2S. The van der Waals surface area contributed by atoms with Crippen molar-refractivity contribution in [1.82, 2.24) is 4.90 Å². The van der Waals surface area contributed by atoms with Crippen molar-refractivity contribution in [2.45, 2.75) is 46.1 Å². The molecule has 6 heteroatoms. The highest BCUT2D eigenvalue weighted by atomic mass is 32.2. The lowest BCUT2D eigenvalue weighted by Gasteiger charge is -2.20. The minimum absolute atomic E-state index is 0.131. The summed E-state index contributed by atoms with van der Waals surface area (Å²) in [7, 11) is 0. The van der Waals surface area contributed by atoms with E-state index in [0.29, 0.717) is 22.6 Å². The van der Waals surface area contributed by atoms with Crippen molar-refractivity contribution >= 4 is 34.7 Å². The normalized spacial score (nSPS) is 20.9. The zero-order valence-electron chi connectivity index (χ0n) is 14.8. The highest BCUT2D eigenvalue weighted by Crippen LogP contribution is 2.35. The first-order valence-electron chi connectivity index (χ1n) is 8.74. The Balaban J connectivity index is 1.90. The molecule has 2 aliphatic heterocycles. The lowest BCUT2D eigenvalue weighted by molar-refractivity contribution is -0.124. The van der Waals surface area contributed by atoms with Crippen LogP contribution in [0.3, 0.4) is 0 Å². The fourth-order valence-corrected chi connectivity index (χ4v) is 4.14. The number of carbonyl (C=O) groups excluding carboxylic acids is 2. The fraction of sp³-hybridized carbons (Fsp3) is 0.474. The van der Waals surface area contributed by atoms with Crippen molar-refractivity contribution < 1.29 is 14.0 Å². The van der Waals surface area contributed by atoms with Gasteiger partial charge in [0, 0.05) is 19.1 Å². The minimum atomic E-state index is -0.284. The van der Waals surface area contributed by atoms with E-state index in [2.05, 4.69) is 4.90 Å². The summed E-state index contributed by atoms with van der Waals surface area (Å²) < 4.78 is 14.5. The average molecular weight is 362 g/mol. The van der Waals surface area contributed by atoms with E-state index in [9.17, 15) is 14.0 Å². The molecule has 2 amide bonds. The molecule has 0 aliphatic carbocycles. The van der Waals surface area contributed by atoms with Gasteiger partial charge in [-0.1, -0.05) is 6.92 Å². The number of halogens is 1. The van der Waals surface area contributed by atoms with Gasteiger partial charge in [0.2, 0.25) is 0 Å². The molecule has 3 rings (SSSR count). The van der Waals surface area contributed by atoms with Crippen LogP contribution in [0, 0.1) is 12.7 Å². The lowest BCUT2D eigenvalue weighted by atomic mass is 10.1. The molecule has 2 heterocycles. The van der Waals surface area contributed by atoms with E-state index in [1.165, 1.54) is 11.0 Å². The topological polar surface area (TPSA) is 40.6 Å². The van der Waals surface area contributed by atoms with Crippen LogP contribution < -0.4 is 4.90 Å². The number of imide groups is 1. The summed E-state index contributed by atoms with van der Waals surface area (Å²) in [5.41, 5.74) is 2.17. The van der Waals surface area contributed by atoms with Crippen LogP contribution in [0.1, 0.15) is 44.2 Å². The zero-order chi connectivity index (χ0) is 18.1. The van der Waals surface area contributed by atoms with E-state index in [-0.39, 0.29) is 23.0 Å². The van der Waals surface area contributed by atoms with Gasteiger partial charge in [-0.15, -0.1) is 0 Å². The molecule has 0 bridgehead atoms. The number of hydrogen-bond donors (Lipinski definition) is 0. The second-order valence-electron chi connectivity index (χ2n) is 6.66. The molecule has 0 aromatic heterocycles. The van der Waals surface area contributed by atoms with Gasteiger partial charge >= 0.3 is 0 Å². The second-order valence-corrected chi connectivity index (χ2v) is 7.66. The molecule has 0 spiro atoms. The Bertz CT molecular complexity index is 741. The summed E-state index contributed by atoms with van der Waals surface area (Å²) in [5.74, 6) is -0.562. The van der Waals surface area contributed by atoms with E-state index in [4.69, 9.17) is 0 Å². The third-order valence-electron chi connectivity index (χ3n) is 4.92. The summed E-state index contributed by atoms with van der Waals surface area (Å²) in [6.07, 6.45) is 4.52. The van der Waals surface area contributed by atoms with Gasteiger partial charge in [-0.3, -0.25) is 14.5 Å². The standard InChI is InChI=1S/C19H23FN2O2S/c1-4-13(3)22-18(23)17(25-19(22)24)11-14-10-15(20)16(9-12(14)2)21-7-5-6-8-21/h9-11,13H,4-8H2,1-3H3/b17-11+/t13-/m0/s1. The molecule has 4 nitrogen and oxygen atoms in total. The predicted molar refractivity (Wildman–Crippen MR) is 100 cm³/mol. The van der Waals surface area contributed by atoms with Crippen LogP contribution in [0.15, 0.2) is 17.0 Å². The maximum Gasteiger partial charge on any atom is 0.293 e. The number of thioether (sulfide) groups is 1. The summed E-state index contributed by atoms with van der Waals surface area (Å²) in [6, 6.07) is 3.18. The highest BCUT2D eigenvalue weighted by Gasteiger charge is 2.37. The largest absolute Gasteiger partial charge is 0.369 e. The van der Waals surface area contributed by atoms with Crippen molar-refractivity contribution in [3.05, 3.63) is 34.0 Å². The van der Waals surface area contributed by atoms with Crippen LogP contribution in [0.4, 0.5) is 14.9 Å². The van der Waals surface area contributed by atoms with E-state index in [1.54, 1.807) is 6.08 Å². The van der Waals surface area contributed by atoms with Crippen LogP contribution >= 0.6 is 11.8 Å². The number of aryl methyl sites for hydroxylation is 1. The maximum absolute atomic E-state index is 14.5. The number of benzene rings is 1. The molecule has 0 radical (unpaired) electrons. The van der Waals surface area contributed by atoms with Crippen molar-refractivity contribution in [2.24, 2.45) is 0 Å². The first-order chi connectivity index (χ1) is 11.9. The molecule has 0 saturated carbocycles. The third kappa shape index (κ3) is 3.45. The number of rotatable bonds is 4. The van der Waals surface area contributed by atoms with E-state index in [1.807, 2.05) is 26.8 Å². The van der Waals surface area contributed by atoms with Crippen LogP contribution in [0.5, 0.6) is 0 Å². The molecular weight excluding hydrogens is 339 g/mol. The molecule has 1 aromatic rings. The van der Waals surface area contributed by atoms with Crippen molar-refractivity contribution in [2.75, 3.05) is 18.0 Å². The first kappa shape index (κ1) is 18.0. The number of hydrogen-bond acceptors (Lipinski definition) is 4. The summed E-state index contributed by atoms with van der Waals surface area (Å²) in [6.45, 7) is 7.46. The molecule has 134 valence electrons. The average Bonchev–Trinajstić information content (AvgIpc) is 3.19. The molecule has 25 heavy (non-hydrogen) atoms. The Morgan fingerprint density at radius 1 is 1.28 bits per heavy atom. The van der Waals surface area contributed by atoms with Crippen LogP contribution in [0.2, 0.25) is 0 Å². The number of carbonyl (C=O) groups is 2. The van der Waals surface area contributed by atoms with E-state index < -0.39 is 0 Å². The lowest BCUT2D eigenvalue weighted by Crippen LogP contribution is -2.36. The van der Waals surface area contributed by atoms with Gasteiger partial charge in [-0.2, -0.15) is 0 Å². The van der Waals surface area contributed by atoms with Gasteiger partial charge in [0.05, 0.1) is 10.6 Å². The van der Waals surface area contributed by atoms with Gasteiger partial charge in [0.25, 0.3) is 11.1 Å². The Morgan fingerprint density at radius 2 is 1.96 bits per heavy atom. The first-order valence-corrected chi connectivity index (χ1v) is 9.56. The SMILES string of the molecule is CC[C@H](C)N1C(=O)S/C(=C/c2cc(F)c(N3CCCC3)cc2C)C1=O. The Hall–Kier alpha value is -1.82. The molecule has 1 aromatic carbocycles. The number of nitrogens with zero attached hydrogens (tertiary/aromatic N) is 2. The minimum Gasteiger partial charge on any atom is -0.369 e. The predicted octanol–water partition coefficient (Wildman–Crippen LogP) is 4.57. The summed E-state index contributed by atoms with van der Waals surface area (Å²) >= 11 is 0.930. The van der Waals surface area contributed by atoms with Gasteiger partial charge in [-0.05, 0) is 74.2 Å². The molecule has 2 saturated heterocycles. The van der Waals surface area contributed by atoms with Crippen molar-refractivity contribution in [3.8, 4) is 0 Å². The molecule has 0 unspecified atom stereocenters. The zero-order valence-corrected chi connectivity index (χ0v) is 15.7. The molecule has 2 fully saturated rings. The molecule has 2 aliphatic rings. The smallest absolute Gasteiger partial charge is 0.293 e. The van der Waals surface area contributed by atoms with Crippen LogP contribution in [-0.2, 0) is 4.79 Å². The second kappa shape index (κ2) is 7.20. The van der Waals surface area contributed by atoms with Crippen LogP contribution in [0.25, 0.3) is 6.08 Å². The Morgan fingerprint density at radius 3 is 2.60 bits per heavy atom. The van der Waals surface area contributed by atoms with Crippen molar-refractivity contribution in [1.29, 1.82) is 0 Å². The Kier molecular flexibility index (Phi) is 5.18. The van der Waals surface area contributed by atoms with Gasteiger partial charge in [0.1, 0.15) is 5.82 Å². The Labute approximate surface area is 152 Å². The quantitative estimate of drug-likeness (QED) is 0.736. The molecule has 1 atom stereocenters. The van der Waals surface area contributed by atoms with E-state index >= 15 is 0 Å². The van der Waals surface area contributed by atoms with Gasteiger partial charge in [-0.25, -0.2) is 4.39 Å². The highest BCUT2D eigenvalue weighted by molar-refractivity contribution is 8.18. The van der Waals surface area contributed by atoms with Crippen LogP contribution in [-0.4, -0.2) is 35.2 Å². The third-order valence-corrected chi connectivity index (χ3v) is 5.81. The summed E-state index contributed by atoms with van der Waals surface area (Å²) in [4.78, 5) is 28.3. The van der Waals surface area contributed by atoms with Gasteiger partial charge in [0.15, 0.2) is 0 Å². The monoisotopic (exact) mass is 362 g/mol. The van der Waals surface area contributed by atoms with Crippen molar-refractivity contribution in [3.63, 3.8) is 0 Å². The van der Waals surface area contributed by atoms with Gasteiger partial charge < -0.3 is 4.90 Å². The fourth-order valence-electron chi connectivity index (χ4n) is 3.22. The number of anilines is 1. The number of amides is 2. The summed E-state index contributed by atoms with van der Waals surface area (Å²) in [5, 5.41) is -0.252.